The molecule has 2 aromatic heterocycles. The Morgan fingerprint density at radius 3 is 2.61 bits per heavy atom. The first-order valence-electron chi connectivity index (χ1n) is 6.02. The molecule has 3 rings (SSSR count). The zero-order valence-corrected chi connectivity index (χ0v) is 10.3. The number of imidazole rings is 1. The van der Waals surface area contributed by atoms with Gasteiger partial charge in [-0.05, 0) is 19.1 Å². The van der Waals surface area contributed by atoms with E-state index in [1.807, 2.05) is 24.4 Å². The smallest absolute Gasteiger partial charge is 0.144 e. The largest absolute Gasteiger partial charge is 0.325 e. The first kappa shape index (κ1) is 11.0. The number of rotatable bonds is 2. The summed E-state index contributed by atoms with van der Waals surface area (Å²) >= 11 is 0. The summed E-state index contributed by atoms with van der Waals surface area (Å²) in [6, 6.07) is 14.5. The number of nitrogens with two attached hydrogens (primary N) is 1. The lowest BCUT2D eigenvalue weighted by molar-refractivity contribution is 1.02. The Kier molecular flexibility index (Phi) is 2.61. The van der Waals surface area contributed by atoms with E-state index in [0.29, 0.717) is 6.54 Å². The van der Waals surface area contributed by atoms with Gasteiger partial charge < -0.3 is 5.73 Å². The Bertz CT molecular complexity index is 681. The highest BCUT2D eigenvalue weighted by molar-refractivity contribution is 5.65. The Morgan fingerprint density at radius 1 is 1.11 bits per heavy atom. The number of fused-ring (bicyclic) bond motifs is 1. The van der Waals surface area contributed by atoms with Crippen LogP contribution < -0.4 is 5.73 Å². The van der Waals surface area contributed by atoms with Crippen LogP contribution in [0.4, 0.5) is 0 Å². The van der Waals surface area contributed by atoms with E-state index in [0.717, 1.165) is 22.6 Å². The average Bonchev–Trinajstić information content (AvgIpc) is 2.79. The van der Waals surface area contributed by atoms with Crippen LogP contribution in [-0.2, 0) is 6.54 Å². The lowest BCUT2D eigenvalue weighted by atomic mass is 10.1. The molecule has 0 aliphatic carbocycles. The third-order valence-corrected chi connectivity index (χ3v) is 3.13. The van der Waals surface area contributed by atoms with E-state index in [-0.39, 0.29) is 0 Å². The van der Waals surface area contributed by atoms with E-state index >= 15 is 0 Å². The van der Waals surface area contributed by atoms with Gasteiger partial charge in [0.25, 0.3) is 0 Å². The highest BCUT2D eigenvalue weighted by Gasteiger charge is 2.10. The molecular formula is C15H15N3. The van der Waals surface area contributed by atoms with Crippen LogP contribution in [0.1, 0.15) is 11.3 Å². The van der Waals surface area contributed by atoms with Gasteiger partial charge in [0.05, 0.1) is 11.2 Å². The summed E-state index contributed by atoms with van der Waals surface area (Å²) in [5, 5.41) is 0. The van der Waals surface area contributed by atoms with Crippen LogP contribution in [0, 0.1) is 6.92 Å². The molecule has 18 heavy (non-hydrogen) atoms. The number of pyridine rings is 1. The predicted octanol–water partition coefficient (Wildman–Crippen LogP) is 2.77. The molecular weight excluding hydrogens is 222 g/mol. The third-order valence-electron chi connectivity index (χ3n) is 3.13. The molecule has 0 amide bonds. The SMILES string of the molecule is Cc1ccc(-c2nc(CN)c3ccccn23)cc1. The molecule has 0 aliphatic heterocycles. The van der Waals surface area contributed by atoms with E-state index < -0.39 is 0 Å². The van der Waals surface area contributed by atoms with Crippen molar-refractivity contribution < 1.29 is 0 Å². The lowest BCUT2D eigenvalue weighted by Gasteiger charge is -2.01. The van der Waals surface area contributed by atoms with Gasteiger partial charge in [-0.3, -0.25) is 4.40 Å². The fourth-order valence-electron chi connectivity index (χ4n) is 2.16. The van der Waals surface area contributed by atoms with Crippen molar-refractivity contribution in [3.63, 3.8) is 0 Å². The van der Waals surface area contributed by atoms with Gasteiger partial charge in [-0.2, -0.15) is 0 Å². The van der Waals surface area contributed by atoms with Gasteiger partial charge in [0.2, 0.25) is 0 Å². The third kappa shape index (κ3) is 1.69. The van der Waals surface area contributed by atoms with Crippen LogP contribution in [0.25, 0.3) is 16.9 Å². The Balaban J connectivity index is 2.26. The number of aromatic nitrogens is 2. The molecule has 3 heteroatoms. The second-order valence-corrected chi connectivity index (χ2v) is 4.41. The van der Waals surface area contributed by atoms with E-state index in [2.05, 4.69) is 40.6 Å². The molecule has 0 radical (unpaired) electrons. The summed E-state index contributed by atoms with van der Waals surface area (Å²) in [6.45, 7) is 2.54. The van der Waals surface area contributed by atoms with Crippen LogP contribution >= 0.6 is 0 Å². The minimum Gasteiger partial charge on any atom is -0.325 e. The Hall–Kier alpha value is -2.13. The van der Waals surface area contributed by atoms with E-state index in [1.165, 1.54) is 5.56 Å². The van der Waals surface area contributed by atoms with Crippen molar-refractivity contribution in [2.24, 2.45) is 5.73 Å². The van der Waals surface area contributed by atoms with Gasteiger partial charge in [0, 0.05) is 18.3 Å². The molecule has 3 nitrogen and oxygen atoms in total. The number of hydrogen-bond donors (Lipinski definition) is 1. The summed E-state index contributed by atoms with van der Waals surface area (Å²) in [6.07, 6.45) is 2.02. The van der Waals surface area contributed by atoms with Crippen LogP contribution in [-0.4, -0.2) is 9.38 Å². The average molecular weight is 237 g/mol. The minimum absolute atomic E-state index is 0.458. The fraction of sp³-hybridized carbons (Fsp3) is 0.133. The van der Waals surface area contributed by atoms with Crippen LogP contribution in [0.2, 0.25) is 0 Å². The van der Waals surface area contributed by atoms with E-state index in [1.54, 1.807) is 0 Å². The Labute approximate surface area is 106 Å². The second kappa shape index (κ2) is 4.27. The summed E-state index contributed by atoms with van der Waals surface area (Å²) in [4.78, 5) is 4.65. The highest BCUT2D eigenvalue weighted by atomic mass is 15.0. The van der Waals surface area contributed by atoms with Crippen LogP contribution in [0.5, 0.6) is 0 Å². The van der Waals surface area contributed by atoms with E-state index in [4.69, 9.17) is 5.73 Å². The molecule has 0 saturated heterocycles. The lowest BCUT2D eigenvalue weighted by Crippen LogP contribution is -1.96. The van der Waals surface area contributed by atoms with Gasteiger partial charge >= 0.3 is 0 Å². The maximum absolute atomic E-state index is 5.76. The van der Waals surface area contributed by atoms with Crippen LogP contribution in [0.3, 0.4) is 0 Å². The number of benzene rings is 1. The van der Waals surface area contributed by atoms with Crippen molar-refractivity contribution in [1.82, 2.24) is 9.38 Å². The summed E-state index contributed by atoms with van der Waals surface area (Å²) in [5.74, 6) is 0.950. The number of nitrogens with zero attached hydrogens (tertiary/aromatic N) is 2. The van der Waals surface area contributed by atoms with Crippen molar-refractivity contribution in [2.45, 2.75) is 13.5 Å². The van der Waals surface area contributed by atoms with E-state index in [9.17, 15) is 0 Å². The zero-order chi connectivity index (χ0) is 12.5. The summed E-state index contributed by atoms with van der Waals surface area (Å²) in [7, 11) is 0. The molecule has 2 N–H and O–H groups in total. The molecule has 0 unspecified atom stereocenters. The van der Waals surface area contributed by atoms with Crippen LogP contribution in [0.15, 0.2) is 48.7 Å². The molecule has 3 aromatic rings. The van der Waals surface area contributed by atoms with Crippen molar-refractivity contribution in [3.8, 4) is 11.4 Å². The molecule has 2 heterocycles. The second-order valence-electron chi connectivity index (χ2n) is 4.41. The normalized spacial score (nSPS) is 11.0. The first-order valence-corrected chi connectivity index (χ1v) is 6.02. The molecule has 0 fully saturated rings. The highest BCUT2D eigenvalue weighted by Crippen LogP contribution is 2.22. The predicted molar refractivity (Wildman–Crippen MR) is 73.3 cm³/mol. The fourth-order valence-corrected chi connectivity index (χ4v) is 2.16. The molecule has 0 atom stereocenters. The quantitative estimate of drug-likeness (QED) is 0.744. The molecule has 0 aliphatic rings. The molecule has 90 valence electrons. The van der Waals surface area contributed by atoms with Crippen molar-refractivity contribution >= 4 is 5.52 Å². The number of aryl methyl sites for hydroxylation is 1. The Morgan fingerprint density at radius 2 is 1.89 bits per heavy atom. The minimum atomic E-state index is 0.458. The topological polar surface area (TPSA) is 43.3 Å². The molecule has 1 aromatic carbocycles. The maximum atomic E-state index is 5.76. The number of hydrogen-bond acceptors (Lipinski definition) is 2. The van der Waals surface area contributed by atoms with Gasteiger partial charge in [-0.25, -0.2) is 4.98 Å². The molecule has 0 saturated carbocycles. The standard InChI is InChI=1S/C15H15N3/c1-11-5-7-12(8-6-11)15-17-13(10-16)14-4-2-3-9-18(14)15/h2-9H,10,16H2,1H3. The van der Waals surface area contributed by atoms with Crippen molar-refractivity contribution in [2.75, 3.05) is 0 Å². The van der Waals surface area contributed by atoms with Gasteiger partial charge in [0.1, 0.15) is 5.82 Å². The maximum Gasteiger partial charge on any atom is 0.144 e. The van der Waals surface area contributed by atoms with Crippen molar-refractivity contribution in [1.29, 1.82) is 0 Å². The zero-order valence-electron chi connectivity index (χ0n) is 10.3. The summed E-state index contributed by atoms with van der Waals surface area (Å²) < 4.78 is 2.09. The molecule has 0 spiro atoms. The van der Waals surface area contributed by atoms with Gasteiger partial charge in [0.15, 0.2) is 0 Å². The summed E-state index contributed by atoms with van der Waals surface area (Å²) in [5.41, 5.74) is 10.1. The first-order chi connectivity index (χ1) is 8.79. The molecule has 0 bridgehead atoms. The van der Waals surface area contributed by atoms with Crippen molar-refractivity contribution in [3.05, 3.63) is 59.9 Å². The monoisotopic (exact) mass is 237 g/mol. The van der Waals surface area contributed by atoms with Gasteiger partial charge in [-0.1, -0.05) is 35.9 Å². The van der Waals surface area contributed by atoms with Gasteiger partial charge in [-0.15, -0.1) is 0 Å².